The summed E-state index contributed by atoms with van der Waals surface area (Å²) in [6.07, 6.45) is 0.153. The summed E-state index contributed by atoms with van der Waals surface area (Å²) < 4.78 is 17.5. The highest BCUT2D eigenvalue weighted by atomic mass is 79.9. The van der Waals surface area contributed by atoms with Crippen molar-refractivity contribution in [3.05, 3.63) is 45.1 Å². The zero-order chi connectivity index (χ0) is 20.1. The van der Waals surface area contributed by atoms with Gasteiger partial charge in [-0.25, -0.2) is 9.78 Å². The number of nitrogens with zero attached hydrogens (tertiary/aromatic N) is 1. The Bertz CT molecular complexity index is 998. The fourth-order valence-corrected chi connectivity index (χ4v) is 4.79. The zero-order valence-corrected chi connectivity index (χ0v) is 18.5. The number of aromatic nitrogens is 1. The molecule has 9 heteroatoms. The number of carbonyl (C=O) groups is 2. The van der Waals surface area contributed by atoms with Crippen molar-refractivity contribution in [2.24, 2.45) is 0 Å². The molecule has 2 heterocycles. The van der Waals surface area contributed by atoms with E-state index in [1.54, 1.807) is 13.8 Å². The molecule has 0 aliphatic carbocycles. The highest BCUT2D eigenvalue weighted by molar-refractivity contribution is 9.10. The van der Waals surface area contributed by atoms with E-state index in [9.17, 15) is 9.59 Å². The average Bonchev–Trinajstić information content (AvgIpc) is 3.24. The lowest BCUT2D eigenvalue weighted by molar-refractivity contribution is -0.142. The molecule has 0 aliphatic rings. The van der Waals surface area contributed by atoms with Crippen LogP contribution in [0.25, 0.3) is 11.0 Å². The van der Waals surface area contributed by atoms with E-state index in [-0.39, 0.29) is 24.8 Å². The monoisotopic (exact) mass is 483 g/mol. The summed E-state index contributed by atoms with van der Waals surface area (Å²) in [5, 5.41) is 2.70. The maximum Gasteiger partial charge on any atom is 0.374 e. The molecular weight excluding hydrogens is 466 g/mol. The Morgan fingerprint density at radius 2 is 2.04 bits per heavy atom. The van der Waals surface area contributed by atoms with Crippen LogP contribution < -0.4 is 0 Å². The lowest BCUT2D eigenvalue weighted by atomic mass is 10.1. The Labute approximate surface area is 178 Å². The van der Waals surface area contributed by atoms with E-state index in [1.807, 2.05) is 23.6 Å². The number of halogens is 1. The molecule has 3 rings (SSSR count). The van der Waals surface area contributed by atoms with Gasteiger partial charge in [-0.05, 0) is 32.0 Å². The number of carbonyl (C=O) groups excluding carboxylic acids is 2. The van der Waals surface area contributed by atoms with Crippen LogP contribution in [0.2, 0.25) is 0 Å². The van der Waals surface area contributed by atoms with Gasteiger partial charge in [0, 0.05) is 26.6 Å². The SMILES string of the molecule is CCOC(=O)Cc1csc(SCc2c(C(=O)OCC)oc3ccc(Br)cc23)n1. The van der Waals surface area contributed by atoms with Gasteiger partial charge < -0.3 is 13.9 Å². The molecule has 28 heavy (non-hydrogen) atoms. The van der Waals surface area contributed by atoms with Gasteiger partial charge in [-0.2, -0.15) is 0 Å². The normalized spacial score (nSPS) is 11.0. The second kappa shape index (κ2) is 9.58. The van der Waals surface area contributed by atoms with Crippen molar-refractivity contribution in [2.45, 2.75) is 30.4 Å². The first kappa shape index (κ1) is 20.9. The van der Waals surface area contributed by atoms with Gasteiger partial charge in [0.1, 0.15) is 9.92 Å². The molecule has 0 N–H and O–H groups in total. The van der Waals surface area contributed by atoms with Crippen LogP contribution in [0.3, 0.4) is 0 Å². The predicted molar refractivity (Wildman–Crippen MR) is 112 cm³/mol. The molecule has 0 saturated heterocycles. The average molecular weight is 484 g/mol. The molecule has 0 unspecified atom stereocenters. The van der Waals surface area contributed by atoms with E-state index in [0.717, 1.165) is 19.8 Å². The second-order valence-electron chi connectivity index (χ2n) is 5.65. The largest absolute Gasteiger partial charge is 0.466 e. The van der Waals surface area contributed by atoms with E-state index in [0.29, 0.717) is 23.6 Å². The topological polar surface area (TPSA) is 78.6 Å². The molecule has 2 aromatic heterocycles. The zero-order valence-electron chi connectivity index (χ0n) is 15.3. The fourth-order valence-electron chi connectivity index (χ4n) is 2.56. The number of fused-ring (bicyclic) bond motifs is 1. The molecule has 0 fully saturated rings. The lowest BCUT2D eigenvalue weighted by Gasteiger charge is -2.02. The van der Waals surface area contributed by atoms with Crippen LogP contribution in [0.15, 0.2) is 36.8 Å². The van der Waals surface area contributed by atoms with Crippen LogP contribution in [0, 0.1) is 0 Å². The smallest absolute Gasteiger partial charge is 0.374 e. The molecule has 0 radical (unpaired) electrons. The highest BCUT2D eigenvalue weighted by Gasteiger charge is 2.22. The number of hydrogen-bond acceptors (Lipinski definition) is 8. The summed E-state index contributed by atoms with van der Waals surface area (Å²) in [5.74, 6) is -0.0674. The quantitative estimate of drug-likeness (QED) is 0.320. The first-order chi connectivity index (χ1) is 13.5. The van der Waals surface area contributed by atoms with Gasteiger partial charge >= 0.3 is 11.9 Å². The first-order valence-electron chi connectivity index (χ1n) is 8.62. The van der Waals surface area contributed by atoms with Crippen LogP contribution in [0.4, 0.5) is 0 Å². The maximum atomic E-state index is 12.3. The molecule has 1 aromatic carbocycles. The molecule has 0 atom stereocenters. The van der Waals surface area contributed by atoms with E-state index in [1.165, 1.54) is 23.1 Å². The van der Waals surface area contributed by atoms with Gasteiger partial charge in [-0.15, -0.1) is 11.3 Å². The number of thioether (sulfide) groups is 1. The number of hydrogen-bond donors (Lipinski definition) is 0. The third kappa shape index (κ3) is 4.95. The van der Waals surface area contributed by atoms with Gasteiger partial charge in [0.15, 0.2) is 0 Å². The molecular formula is C19H18BrNO5S2. The van der Waals surface area contributed by atoms with Crippen molar-refractivity contribution in [3.8, 4) is 0 Å². The van der Waals surface area contributed by atoms with Crippen LogP contribution in [0.1, 0.15) is 35.7 Å². The third-order valence-corrected chi connectivity index (χ3v) is 6.30. The molecule has 0 saturated carbocycles. The van der Waals surface area contributed by atoms with Crippen molar-refractivity contribution in [1.29, 1.82) is 0 Å². The molecule has 6 nitrogen and oxygen atoms in total. The second-order valence-corrected chi connectivity index (χ2v) is 8.64. The van der Waals surface area contributed by atoms with Gasteiger partial charge in [0.2, 0.25) is 5.76 Å². The Balaban J connectivity index is 1.80. The minimum absolute atomic E-state index is 0.153. The number of thiazole rings is 1. The third-order valence-electron chi connectivity index (χ3n) is 3.72. The lowest BCUT2D eigenvalue weighted by Crippen LogP contribution is -2.07. The predicted octanol–water partition coefficient (Wildman–Crippen LogP) is 5.23. The standard InChI is InChI=1S/C19H18BrNO5S2/c1-3-24-16(22)8-12-9-27-19(21-12)28-10-14-13-7-11(20)5-6-15(13)26-17(14)18(23)25-4-2/h5-7,9H,3-4,8,10H2,1-2H3. The van der Waals surface area contributed by atoms with E-state index in [2.05, 4.69) is 20.9 Å². The number of ether oxygens (including phenoxy) is 2. The summed E-state index contributed by atoms with van der Waals surface area (Å²) in [7, 11) is 0. The highest BCUT2D eigenvalue weighted by Crippen LogP contribution is 2.35. The fraction of sp³-hybridized carbons (Fsp3) is 0.316. The maximum absolute atomic E-state index is 12.3. The summed E-state index contributed by atoms with van der Waals surface area (Å²) in [6.45, 7) is 4.15. The molecule has 148 valence electrons. The first-order valence-corrected chi connectivity index (χ1v) is 11.3. The number of benzene rings is 1. The molecule has 0 amide bonds. The molecule has 0 spiro atoms. The van der Waals surface area contributed by atoms with Crippen molar-refractivity contribution >= 4 is 61.9 Å². The van der Waals surface area contributed by atoms with E-state index < -0.39 is 5.97 Å². The molecule has 3 aromatic rings. The van der Waals surface area contributed by atoms with Crippen molar-refractivity contribution in [1.82, 2.24) is 4.98 Å². The summed E-state index contributed by atoms with van der Waals surface area (Å²) in [5.41, 5.74) is 2.07. The van der Waals surface area contributed by atoms with E-state index >= 15 is 0 Å². The minimum Gasteiger partial charge on any atom is -0.466 e. The van der Waals surface area contributed by atoms with Gasteiger partial charge in [-0.3, -0.25) is 4.79 Å². The van der Waals surface area contributed by atoms with Gasteiger partial charge in [0.25, 0.3) is 0 Å². The van der Waals surface area contributed by atoms with Crippen molar-refractivity contribution < 1.29 is 23.5 Å². The Kier molecular flexibility index (Phi) is 7.14. The Morgan fingerprint density at radius 3 is 2.79 bits per heavy atom. The van der Waals surface area contributed by atoms with Crippen LogP contribution in [-0.4, -0.2) is 30.1 Å². The number of esters is 2. The minimum atomic E-state index is -0.479. The van der Waals surface area contributed by atoms with Gasteiger partial charge in [-0.1, -0.05) is 27.7 Å². The van der Waals surface area contributed by atoms with Crippen molar-refractivity contribution in [2.75, 3.05) is 13.2 Å². The van der Waals surface area contributed by atoms with Crippen molar-refractivity contribution in [3.63, 3.8) is 0 Å². The van der Waals surface area contributed by atoms with Gasteiger partial charge in [0.05, 0.1) is 25.3 Å². The van der Waals surface area contributed by atoms with Crippen LogP contribution in [-0.2, 0) is 26.4 Å². The van der Waals surface area contributed by atoms with Crippen LogP contribution in [0.5, 0.6) is 0 Å². The summed E-state index contributed by atoms with van der Waals surface area (Å²) >= 11 is 6.39. The Hall–Kier alpha value is -1.84. The summed E-state index contributed by atoms with van der Waals surface area (Å²) in [6, 6.07) is 5.60. The molecule has 0 bridgehead atoms. The summed E-state index contributed by atoms with van der Waals surface area (Å²) in [4.78, 5) is 28.4. The Morgan fingerprint density at radius 1 is 1.25 bits per heavy atom. The van der Waals surface area contributed by atoms with E-state index in [4.69, 9.17) is 13.9 Å². The van der Waals surface area contributed by atoms with Crippen LogP contribution >= 0.6 is 39.0 Å². The molecule has 0 aliphatic heterocycles. The number of rotatable bonds is 8. The number of furan rings is 1.